The van der Waals surface area contributed by atoms with Gasteiger partial charge in [0.25, 0.3) is 0 Å². The molecule has 0 radical (unpaired) electrons. The summed E-state index contributed by atoms with van der Waals surface area (Å²) in [5.74, 6) is 5.92. The lowest BCUT2D eigenvalue weighted by atomic mass is 9.88. The molecule has 3 heteroatoms. The number of benzene rings is 1. The Morgan fingerprint density at radius 1 is 1.45 bits per heavy atom. The van der Waals surface area contributed by atoms with E-state index in [-0.39, 0.29) is 17.4 Å². The molecular weight excluding hydrogens is 248 g/mol. The average Bonchev–Trinajstić information content (AvgIpc) is 2.45. The highest BCUT2D eigenvalue weighted by Crippen LogP contribution is 2.22. The van der Waals surface area contributed by atoms with Crippen molar-refractivity contribution in [3.05, 3.63) is 35.4 Å². The zero-order valence-electron chi connectivity index (χ0n) is 12.8. The predicted octanol–water partition coefficient (Wildman–Crippen LogP) is 2.61. The SMILES string of the molecule is CCC(C)(C)C(=O)NC(C)c1cccc(C#CCN)c1. The highest BCUT2D eigenvalue weighted by Gasteiger charge is 2.26. The molecule has 0 heterocycles. The molecule has 0 aliphatic rings. The van der Waals surface area contributed by atoms with E-state index in [9.17, 15) is 4.79 Å². The van der Waals surface area contributed by atoms with Crippen LogP contribution in [0.3, 0.4) is 0 Å². The summed E-state index contributed by atoms with van der Waals surface area (Å²) in [4.78, 5) is 12.2. The Morgan fingerprint density at radius 3 is 2.75 bits per heavy atom. The van der Waals surface area contributed by atoms with E-state index in [2.05, 4.69) is 17.2 Å². The Bertz CT molecular complexity index is 523. The van der Waals surface area contributed by atoms with Crippen molar-refractivity contribution < 1.29 is 4.79 Å². The second-order valence-corrected chi connectivity index (χ2v) is 5.56. The highest BCUT2D eigenvalue weighted by atomic mass is 16.2. The van der Waals surface area contributed by atoms with Crippen LogP contribution in [0.2, 0.25) is 0 Å². The summed E-state index contributed by atoms with van der Waals surface area (Å²) < 4.78 is 0. The molecule has 20 heavy (non-hydrogen) atoms. The fourth-order valence-corrected chi connectivity index (χ4v) is 1.67. The molecule has 1 unspecified atom stereocenters. The molecule has 1 amide bonds. The zero-order chi connectivity index (χ0) is 15.2. The second-order valence-electron chi connectivity index (χ2n) is 5.56. The van der Waals surface area contributed by atoms with Crippen LogP contribution in [0.15, 0.2) is 24.3 Å². The Morgan fingerprint density at radius 2 is 2.15 bits per heavy atom. The predicted molar refractivity (Wildman–Crippen MR) is 83.0 cm³/mol. The molecule has 1 atom stereocenters. The van der Waals surface area contributed by atoms with Crippen LogP contribution in [-0.4, -0.2) is 12.5 Å². The number of amides is 1. The average molecular weight is 272 g/mol. The molecule has 0 saturated heterocycles. The number of nitrogens with one attached hydrogen (secondary N) is 1. The molecule has 0 bridgehead atoms. The van der Waals surface area contributed by atoms with Crippen LogP contribution >= 0.6 is 0 Å². The van der Waals surface area contributed by atoms with Gasteiger partial charge < -0.3 is 11.1 Å². The number of nitrogens with two attached hydrogens (primary N) is 1. The van der Waals surface area contributed by atoms with Crippen LogP contribution in [-0.2, 0) is 4.79 Å². The van der Waals surface area contributed by atoms with Gasteiger partial charge >= 0.3 is 0 Å². The number of hydrogen-bond acceptors (Lipinski definition) is 2. The second kappa shape index (κ2) is 7.12. The van der Waals surface area contributed by atoms with Crippen molar-refractivity contribution in [2.45, 2.75) is 40.2 Å². The van der Waals surface area contributed by atoms with E-state index in [0.717, 1.165) is 17.5 Å². The summed E-state index contributed by atoms with van der Waals surface area (Å²) in [5, 5.41) is 3.06. The topological polar surface area (TPSA) is 55.1 Å². The van der Waals surface area contributed by atoms with Gasteiger partial charge in [0.2, 0.25) is 5.91 Å². The quantitative estimate of drug-likeness (QED) is 0.828. The molecule has 1 aromatic rings. The summed E-state index contributed by atoms with van der Waals surface area (Å²) >= 11 is 0. The Hall–Kier alpha value is -1.79. The minimum Gasteiger partial charge on any atom is -0.349 e. The van der Waals surface area contributed by atoms with Gasteiger partial charge in [-0.05, 0) is 31.0 Å². The van der Waals surface area contributed by atoms with Crippen LogP contribution in [0.25, 0.3) is 0 Å². The molecule has 0 aliphatic carbocycles. The third-order valence-corrected chi connectivity index (χ3v) is 3.57. The molecule has 0 spiro atoms. The number of hydrogen-bond donors (Lipinski definition) is 2. The Balaban J connectivity index is 2.82. The van der Waals surface area contributed by atoms with Crippen LogP contribution < -0.4 is 11.1 Å². The molecular formula is C17H24N2O. The number of carbonyl (C=O) groups excluding carboxylic acids is 1. The van der Waals surface area contributed by atoms with Gasteiger partial charge in [0.05, 0.1) is 12.6 Å². The van der Waals surface area contributed by atoms with E-state index in [1.807, 2.05) is 52.0 Å². The zero-order valence-corrected chi connectivity index (χ0v) is 12.8. The van der Waals surface area contributed by atoms with E-state index >= 15 is 0 Å². The maximum atomic E-state index is 12.2. The van der Waals surface area contributed by atoms with Crippen LogP contribution in [0, 0.1) is 17.3 Å². The molecule has 0 saturated carbocycles. The molecule has 3 N–H and O–H groups in total. The normalized spacial score (nSPS) is 12.2. The van der Waals surface area contributed by atoms with Gasteiger partial charge in [0.15, 0.2) is 0 Å². The molecule has 1 aromatic carbocycles. The summed E-state index contributed by atoms with van der Waals surface area (Å²) in [6.07, 6.45) is 0.813. The van der Waals surface area contributed by atoms with Crippen LogP contribution in [0.5, 0.6) is 0 Å². The van der Waals surface area contributed by atoms with Gasteiger partial charge in [0.1, 0.15) is 0 Å². The summed E-state index contributed by atoms with van der Waals surface area (Å²) in [7, 11) is 0. The van der Waals surface area contributed by atoms with Crippen molar-refractivity contribution in [1.82, 2.24) is 5.32 Å². The van der Waals surface area contributed by atoms with Crippen molar-refractivity contribution in [2.24, 2.45) is 11.1 Å². The summed E-state index contributed by atoms with van der Waals surface area (Å²) in [6.45, 7) is 8.27. The van der Waals surface area contributed by atoms with Gasteiger partial charge in [-0.3, -0.25) is 4.79 Å². The first kappa shape index (κ1) is 16.3. The minimum atomic E-state index is -0.342. The lowest BCUT2D eigenvalue weighted by Crippen LogP contribution is -2.37. The third kappa shape index (κ3) is 4.40. The van der Waals surface area contributed by atoms with Gasteiger partial charge in [-0.2, -0.15) is 0 Å². The summed E-state index contributed by atoms with van der Waals surface area (Å²) in [5.41, 5.74) is 7.00. The van der Waals surface area contributed by atoms with Crippen molar-refractivity contribution in [3.8, 4) is 11.8 Å². The molecule has 0 aromatic heterocycles. The highest BCUT2D eigenvalue weighted by molar-refractivity contribution is 5.82. The summed E-state index contributed by atoms with van der Waals surface area (Å²) in [6, 6.07) is 7.84. The first-order valence-corrected chi connectivity index (χ1v) is 7.00. The van der Waals surface area contributed by atoms with E-state index in [1.54, 1.807) is 0 Å². The smallest absolute Gasteiger partial charge is 0.226 e. The lowest BCUT2D eigenvalue weighted by molar-refractivity contribution is -0.130. The Kier molecular flexibility index (Phi) is 5.79. The van der Waals surface area contributed by atoms with Crippen molar-refractivity contribution in [3.63, 3.8) is 0 Å². The minimum absolute atomic E-state index is 0.0343. The molecule has 3 nitrogen and oxygen atoms in total. The first-order chi connectivity index (χ1) is 9.40. The molecule has 1 rings (SSSR count). The van der Waals surface area contributed by atoms with Crippen LogP contribution in [0.1, 0.15) is 51.3 Å². The van der Waals surface area contributed by atoms with E-state index in [1.165, 1.54) is 0 Å². The number of rotatable bonds is 4. The maximum absolute atomic E-state index is 12.2. The van der Waals surface area contributed by atoms with E-state index in [4.69, 9.17) is 5.73 Å². The fraction of sp³-hybridized carbons (Fsp3) is 0.471. The van der Waals surface area contributed by atoms with Crippen molar-refractivity contribution in [1.29, 1.82) is 0 Å². The van der Waals surface area contributed by atoms with Gasteiger partial charge in [-0.25, -0.2) is 0 Å². The first-order valence-electron chi connectivity index (χ1n) is 7.00. The largest absolute Gasteiger partial charge is 0.349 e. The maximum Gasteiger partial charge on any atom is 0.226 e. The van der Waals surface area contributed by atoms with Gasteiger partial charge in [0, 0.05) is 11.0 Å². The Labute approximate surface area is 121 Å². The molecule has 108 valence electrons. The molecule has 0 fully saturated rings. The third-order valence-electron chi connectivity index (χ3n) is 3.57. The van der Waals surface area contributed by atoms with Crippen LogP contribution in [0.4, 0.5) is 0 Å². The molecule has 0 aliphatic heterocycles. The van der Waals surface area contributed by atoms with Crippen molar-refractivity contribution in [2.75, 3.05) is 6.54 Å². The number of carbonyl (C=O) groups is 1. The fourth-order valence-electron chi connectivity index (χ4n) is 1.67. The van der Waals surface area contributed by atoms with Crippen molar-refractivity contribution >= 4 is 5.91 Å². The van der Waals surface area contributed by atoms with Gasteiger partial charge in [-0.15, -0.1) is 0 Å². The van der Waals surface area contributed by atoms with Gasteiger partial charge in [-0.1, -0.05) is 44.7 Å². The lowest BCUT2D eigenvalue weighted by Gasteiger charge is -2.24. The van der Waals surface area contributed by atoms with E-state index < -0.39 is 0 Å². The monoisotopic (exact) mass is 272 g/mol. The van der Waals surface area contributed by atoms with E-state index in [0.29, 0.717) is 6.54 Å². The standard InChI is InChI=1S/C17H24N2O/c1-5-17(3,4)16(20)19-13(2)15-10-6-8-14(12-15)9-7-11-18/h6,8,10,12-13H,5,11,18H2,1-4H3,(H,19,20).